The number of piperazine rings is 1. The maximum Gasteiger partial charge on any atom is 0.229 e. The molecule has 1 amide bonds. The van der Waals surface area contributed by atoms with E-state index in [1.165, 1.54) is 0 Å². The lowest BCUT2D eigenvalue weighted by atomic mass is 9.95. The molecule has 1 fully saturated rings. The Morgan fingerprint density at radius 3 is 3.00 bits per heavy atom. The van der Waals surface area contributed by atoms with Gasteiger partial charge in [0.25, 0.3) is 0 Å². The summed E-state index contributed by atoms with van der Waals surface area (Å²) in [4.78, 5) is 14.5. The summed E-state index contributed by atoms with van der Waals surface area (Å²) in [6, 6.07) is 8.38. The second-order valence-corrected chi connectivity index (χ2v) is 5.46. The number of carbonyl (C=O) groups excluding carboxylic acids is 1. The van der Waals surface area contributed by atoms with Crippen LogP contribution in [-0.4, -0.2) is 43.1 Å². The summed E-state index contributed by atoms with van der Waals surface area (Å²) in [5.74, 6) is 1.14. The predicted molar refractivity (Wildman–Crippen MR) is 80.4 cm³/mol. The fraction of sp³-hybridized carbons (Fsp3) is 0.533. The van der Waals surface area contributed by atoms with Crippen molar-refractivity contribution in [2.24, 2.45) is 5.92 Å². The van der Waals surface area contributed by atoms with Gasteiger partial charge in [0.15, 0.2) is 0 Å². The molecule has 0 aromatic heterocycles. The SMILES string of the molecule is C[C@H]1CN(C(=O)C2COc3ccccc3C2)CCN1.Cl. The van der Waals surface area contributed by atoms with E-state index >= 15 is 0 Å². The number of amides is 1. The monoisotopic (exact) mass is 296 g/mol. The quantitative estimate of drug-likeness (QED) is 0.853. The number of benzene rings is 1. The number of hydrogen-bond donors (Lipinski definition) is 1. The predicted octanol–water partition coefficient (Wildman–Crippen LogP) is 1.48. The summed E-state index contributed by atoms with van der Waals surface area (Å²) in [6.07, 6.45) is 0.799. The molecule has 2 aliphatic heterocycles. The van der Waals surface area contributed by atoms with Crippen LogP contribution < -0.4 is 10.1 Å². The van der Waals surface area contributed by atoms with Crippen molar-refractivity contribution < 1.29 is 9.53 Å². The highest BCUT2D eigenvalue weighted by molar-refractivity contribution is 5.85. The minimum Gasteiger partial charge on any atom is -0.492 e. The molecule has 2 heterocycles. The summed E-state index contributed by atoms with van der Waals surface area (Å²) in [5.41, 5.74) is 1.15. The van der Waals surface area contributed by atoms with Crippen molar-refractivity contribution in [3.8, 4) is 5.75 Å². The number of halogens is 1. The standard InChI is InChI=1S/C15H20N2O2.ClH/c1-11-9-17(7-6-16-11)15(18)13-8-12-4-2-3-5-14(12)19-10-13;/h2-5,11,13,16H,6-10H2,1H3;1H/t11-,13?;/m0./s1. The van der Waals surface area contributed by atoms with Crippen molar-refractivity contribution in [1.29, 1.82) is 0 Å². The topological polar surface area (TPSA) is 41.6 Å². The summed E-state index contributed by atoms with van der Waals surface area (Å²) in [6.45, 7) is 5.12. The Balaban J connectivity index is 0.00000147. The van der Waals surface area contributed by atoms with Crippen LogP contribution in [0.5, 0.6) is 5.75 Å². The van der Waals surface area contributed by atoms with Crippen molar-refractivity contribution in [3.05, 3.63) is 29.8 Å². The normalized spacial score (nSPS) is 25.1. The lowest BCUT2D eigenvalue weighted by molar-refractivity contribution is -0.138. The van der Waals surface area contributed by atoms with Crippen LogP contribution in [0.4, 0.5) is 0 Å². The molecule has 1 unspecified atom stereocenters. The minimum atomic E-state index is -0.0276. The van der Waals surface area contributed by atoms with E-state index in [2.05, 4.69) is 18.3 Å². The molecular weight excluding hydrogens is 276 g/mol. The van der Waals surface area contributed by atoms with Crippen LogP contribution >= 0.6 is 12.4 Å². The summed E-state index contributed by atoms with van der Waals surface area (Å²) >= 11 is 0. The fourth-order valence-electron chi connectivity index (χ4n) is 2.88. The van der Waals surface area contributed by atoms with E-state index in [0.29, 0.717) is 12.6 Å². The number of ether oxygens (including phenoxy) is 1. The van der Waals surface area contributed by atoms with Gasteiger partial charge in [0.2, 0.25) is 5.91 Å². The number of nitrogens with one attached hydrogen (secondary N) is 1. The lowest BCUT2D eigenvalue weighted by Crippen LogP contribution is -2.53. The molecule has 2 aliphatic rings. The molecule has 20 heavy (non-hydrogen) atoms. The maximum atomic E-state index is 12.5. The van der Waals surface area contributed by atoms with Crippen molar-refractivity contribution in [2.45, 2.75) is 19.4 Å². The van der Waals surface area contributed by atoms with Gasteiger partial charge in [0, 0.05) is 25.7 Å². The van der Waals surface area contributed by atoms with Crippen molar-refractivity contribution >= 4 is 18.3 Å². The van der Waals surface area contributed by atoms with Crippen molar-refractivity contribution in [3.63, 3.8) is 0 Å². The number of hydrogen-bond acceptors (Lipinski definition) is 3. The molecule has 2 atom stereocenters. The van der Waals surface area contributed by atoms with E-state index in [1.807, 2.05) is 23.1 Å². The van der Waals surface area contributed by atoms with Crippen LogP contribution in [0.3, 0.4) is 0 Å². The minimum absolute atomic E-state index is 0. The number of fused-ring (bicyclic) bond motifs is 1. The van der Waals surface area contributed by atoms with Crippen LogP contribution in [-0.2, 0) is 11.2 Å². The smallest absolute Gasteiger partial charge is 0.229 e. The van der Waals surface area contributed by atoms with Gasteiger partial charge < -0.3 is 15.0 Å². The molecule has 0 spiro atoms. The average molecular weight is 297 g/mol. The van der Waals surface area contributed by atoms with Gasteiger partial charge in [-0.2, -0.15) is 0 Å². The van der Waals surface area contributed by atoms with Crippen LogP contribution in [0.2, 0.25) is 0 Å². The van der Waals surface area contributed by atoms with Gasteiger partial charge in [-0.15, -0.1) is 12.4 Å². The fourth-order valence-corrected chi connectivity index (χ4v) is 2.88. The number of rotatable bonds is 1. The Morgan fingerprint density at radius 1 is 1.40 bits per heavy atom. The highest BCUT2D eigenvalue weighted by Gasteiger charge is 2.31. The summed E-state index contributed by atoms with van der Waals surface area (Å²) < 4.78 is 5.71. The first-order valence-electron chi connectivity index (χ1n) is 6.97. The first-order chi connectivity index (χ1) is 9.24. The summed E-state index contributed by atoms with van der Waals surface area (Å²) in [7, 11) is 0. The Morgan fingerprint density at radius 2 is 2.20 bits per heavy atom. The molecule has 4 nitrogen and oxygen atoms in total. The molecule has 1 aromatic carbocycles. The molecule has 0 aliphatic carbocycles. The van der Waals surface area contributed by atoms with E-state index < -0.39 is 0 Å². The van der Waals surface area contributed by atoms with Gasteiger partial charge in [-0.1, -0.05) is 18.2 Å². The Kier molecular flexibility index (Phi) is 4.89. The van der Waals surface area contributed by atoms with Gasteiger partial charge in [0.05, 0.1) is 5.92 Å². The molecule has 3 rings (SSSR count). The first kappa shape index (κ1) is 15.1. The molecule has 0 radical (unpaired) electrons. The van der Waals surface area contributed by atoms with E-state index in [4.69, 9.17) is 4.74 Å². The van der Waals surface area contributed by atoms with Gasteiger partial charge in [-0.25, -0.2) is 0 Å². The molecule has 1 aromatic rings. The third-order valence-electron chi connectivity index (χ3n) is 3.91. The van der Waals surface area contributed by atoms with E-state index in [9.17, 15) is 4.79 Å². The lowest BCUT2D eigenvalue weighted by Gasteiger charge is -2.35. The Bertz CT molecular complexity index is 481. The highest BCUT2D eigenvalue weighted by Crippen LogP contribution is 2.27. The third-order valence-corrected chi connectivity index (χ3v) is 3.91. The van der Waals surface area contributed by atoms with Crippen LogP contribution in [0, 0.1) is 5.92 Å². The van der Waals surface area contributed by atoms with Gasteiger partial charge in [-0.3, -0.25) is 4.79 Å². The van der Waals surface area contributed by atoms with E-state index in [-0.39, 0.29) is 24.2 Å². The largest absolute Gasteiger partial charge is 0.492 e. The molecule has 1 N–H and O–H groups in total. The zero-order valence-electron chi connectivity index (χ0n) is 11.7. The maximum absolute atomic E-state index is 12.5. The molecule has 0 saturated carbocycles. The van der Waals surface area contributed by atoms with E-state index in [1.54, 1.807) is 0 Å². The molecule has 0 bridgehead atoms. The van der Waals surface area contributed by atoms with Gasteiger partial charge in [-0.05, 0) is 25.0 Å². The average Bonchev–Trinajstić information content (AvgIpc) is 2.46. The Labute approximate surface area is 125 Å². The van der Waals surface area contributed by atoms with Gasteiger partial charge >= 0.3 is 0 Å². The van der Waals surface area contributed by atoms with Crippen LogP contribution in [0.15, 0.2) is 24.3 Å². The highest BCUT2D eigenvalue weighted by atomic mass is 35.5. The molecule has 110 valence electrons. The first-order valence-corrected chi connectivity index (χ1v) is 6.97. The Hall–Kier alpha value is -1.26. The molecule has 1 saturated heterocycles. The number of carbonyl (C=O) groups is 1. The molecular formula is C15H21ClN2O2. The molecule has 5 heteroatoms. The third kappa shape index (κ3) is 3.07. The van der Waals surface area contributed by atoms with Crippen LogP contribution in [0.25, 0.3) is 0 Å². The zero-order valence-corrected chi connectivity index (χ0v) is 12.5. The second-order valence-electron chi connectivity index (χ2n) is 5.46. The zero-order chi connectivity index (χ0) is 13.2. The van der Waals surface area contributed by atoms with Crippen LogP contribution in [0.1, 0.15) is 12.5 Å². The van der Waals surface area contributed by atoms with E-state index in [0.717, 1.165) is 37.4 Å². The second kappa shape index (κ2) is 6.46. The van der Waals surface area contributed by atoms with Gasteiger partial charge in [0.1, 0.15) is 12.4 Å². The summed E-state index contributed by atoms with van der Waals surface area (Å²) in [5, 5.41) is 3.36. The van der Waals surface area contributed by atoms with Crippen molar-refractivity contribution in [1.82, 2.24) is 10.2 Å². The number of para-hydroxylation sites is 1. The number of nitrogens with zero attached hydrogens (tertiary/aromatic N) is 1. The van der Waals surface area contributed by atoms with Crippen molar-refractivity contribution in [2.75, 3.05) is 26.2 Å².